The molecule has 94 valence electrons. The highest BCUT2D eigenvalue weighted by molar-refractivity contribution is 5.72. The molecule has 0 aromatic carbocycles. The van der Waals surface area contributed by atoms with Gasteiger partial charge >= 0.3 is 5.97 Å². The predicted octanol–water partition coefficient (Wildman–Crippen LogP) is 2.50. The quantitative estimate of drug-likeness (QED) is 0.733. The molecule has 1 fully saturated rings. The molecular weight excluding hydrogens is 202 g/mol. The van der Waals surface area contributed by atoms with Gasteiger partial charge in [0.15, 0.2) is 0 Å². The topological polar surface area (TPSA) is 38.3 Å². The second kappa shape index (κ2) is 5.67. The standard InChI is InChI=1S/C13H25NO2/c1-10(8-11-6-5-7-11)14-9-12(15)16-13(2,3)4/h10-11,14H,5-9H2,1-4H3. The molecule has 1 aliphatic rings. The van der Waals surface area contributed by atoms with Gasteiger partial charge in [0.1, 0.15) is 5.60 Å². The molecule has 0 heterocycles. The fourth-order valence-corrected chi connectivity index (χ4v) is 1.95. The van der Waals surface area contributed by atoms with E-state index in [4.69, 9.17) is 4.74 Å². The highest BCUT2D eigenvalue weighted by Gasteiger charge is 2.21. The summed E-state index contributed by atoms with van der Waals surface area (Å²) in [5, 5.41) is 3.23. The zero-order valence-electron chi connectivity index (χ0n) is 11.0. The summed E-state index contributed by atoms with van der Waals surface area (Å²) >= 11 is 0. The number of rotatable bonds is 5. The van der Waals surface area contributed by atoms with E-state index in [-0.39, 0.29) is 11.6 Å². The number of esters is 1. The molecule has 0 spiro atoms. The van der Waals surface area contributed by atoms with Gasteiger partial charge in [-0.3, -0.25) is 4.79 Å². The molecule has 0 aromatic rings. The van der Waals surface area contributed by atoms with Crippen LogP contribution in [-0.4, -0.2) is 24.2 Å². The van der Waals surface area contributed by atoms with E-state index in [1.807, 2.05) is 20.8 Å². The summed E-state index contributed by atoms with van der Waals surface area (Å²) in [6.07, 6.45) is 5.28. The first-order valence-corrected chi connectivity index (χ1v) is 6.32. The van der Waals surface area contributed by atoms with E-state index in [0.29, 0.717) is 12.6 Å². The summed E-state index contributed by atoms with van der Waals surface area (Å²) in [5.74, 6) is 0.717. The van der Waals surface area contributed by atoms with Crippen LogP contribution in [-0.2, 0) is 9.53 Å². The van der Waals surface area contributed by atoms with Crippen molar-refractivity contribution in [1.82, 2.24) is 5.32 Å². The van der Waals surface area contributed by atoms with Crippen molar-refractivity contribution in [1.29, 1.82) is 0 Å². The second-order valence-corrected chi connectivity index (χ2v) is 5.90. The van der Waals surface area contributed by atoms with Crippen LogP contribution in [0.15, 0.2) is 0 Å². The van der Waals surface area contributed by atoms with E-state index < -0.39 is 0 Å². The van der Waals surface area contributed by atoms with Crippen molar-refractivity contribution in [2.75, 3.05) is 6.54 Å². The third-order valence-electron chi connectivity index (χ3n) is 2.93. The molecule has 1 aliphatic carbocycles. The van der Waals surface area contributed by atoms with E-state index in [2.05, 4.69) is 12.2 Å². The Kier molecular flexibility index (Phi) is 4.78. The largest absolute Gasteiger partial charge is 0.459 e. The van der Waals surface area contributed by atoms with E-state index in [0.717, 1.165) is 5.92 Å². The Morgan fingerprint density at radius 3 is 2.50 bits per heavy atom. The lowest BCUT2D eigenvalue weighted by molar-refractivity contribution is -0.153. The number of ether oxygens (including phenoxy) is 1. The van der Waals surface area contributed by atoms with Gasteiger partial charge in [0.2, 0.25) is 0 Å². The minimum Gasteiger partial charge on any atom is -0.459 e. The van der Waals surface area contributed by atoms with E-state index in [1.165, 1.54) is 25.7 Å². The van der Waals surface area contributed by atoms with Crippen molar-refractivity contribution in [3.8, 4) is 0 Å². The van der Waals surface area contributed by atoms with Gasteiger partial charge in [-0.25, -0.2) is 0 Å². The van der Waals surface area contributed by atoms with Gasteiger partial charge in [-0.15, -0.1) is 0 Å². The van der Waals surface area contributed by atoms with Crippen LogP contribution in [0.1, 0.15) is 53.4 Å². The SMILES string of the molecule is CC(CC1CCC1)NCC(=O)OC(C)(C)C. The van der Waals surface area contributed by atoms with Crippen LogP contribution in [0.2, 0.25) is 0 Å². The number of nitrogens with one attached hydrogen (secondary N) is 1. The van der Waals surface area contributed by atoms with Gasteiger partial charge in [0.25, 0.3) is 0 Å². The summed E-state index contributed by atoms with van der Waals surface area (Å²) in [6, 6.07) is 0.415. The van der Waals surface area contributed by atoms with Crippen molar-refractivity contribution in [2.24, 2.45) is 5.92 Å². The average molecular weight is 227 g/mol. The third-order valence-corrected chi connectivity index (χ3v) is 2.93. The van der Waals surface area contributed by atoms with Crippen molar-refractivity contribution < 1.29 is 9.53 Å². The van der Waals surface area contributed by atoms with E-state index in [9.17, 15) is 4.79 Å². The smallest absolute Gasteiger partial charge is 0.320 e. The lowest BCUT2D eigenvalue weighted by atomic mass is 9.81. The first kappa shape index (κ1) is 13.5. The molecule has 0 radical (unpaired) electrons. The van der Waals surface area contributed by atoms with Crippen LogP contribution in [0.3, 0.4) is 0 Å². The first-order chi connectivity index (χ1) is 7.37. The molecular formula is C13H25NO2. The number of carbonyl (C=O) groups excluding carboxylic acids is 1. The second-order valence-electron chi connectivity index (χ2n) is 5.90. The maximum Gasteiger partial charge on any atom is 0.320 e. The van der Waals surface area contributed by atoms with E-state index >= 15 is 0 Å². The van der Waals surface area contributed by atoms with Crippen LogP contribution >= 0.6 is 0 Å². The number of hydrogen-bond donors (Lipinski definition) is 1. The molecule has 1 N–H and O–H groups in total. The van der Waals surface area contributed by atoms with Gasteiger partial charge in [0, 0.05) is 6.04 Å². The van der Waals surface area contributed by atoms with Crippen LogP contribution in [0.5, 0.6) is 0 Å². The highest BCUT2D eigenvalue weighted by Crippen LogP contribution is 2.30. The normalized spacial score (nSPS) is 19.0. The monoisotopic (exact) mass is 227 g/mol. The Hall–Kier alpha value is -0.570. The van der Waals surface area contributed by atoms with Crippen molar-refractivity contribution in [3.63, 3.8) is 0 Å². The van der Waals surface area contributed by atoms with Crippen LogP contribution in [0.25, 0.3) is 0 Å². The van der Waals surface area contributed by atoms with Crippen molar-refractivity contribution in [3.05, 3.63) is 0 Å². The molecule has 0 aliphatic heterocycles. The molecule has 1 rings (SSSR count). The van der Waals surface area contributed by atoms with Gasteiger partial charge in [-0.2, -0.15) is 0 Å². The molecule has 1 atom stereocenters. The van der Waals surface area contributed by atoms with Crippen LogP contribution < -0.4 is 5.32 Å². The molecule has 3 nitrogen and oxygen atoms in total. The predicted molar refractivity (Wildman–Crippen MR) is 65.3 cm³/mol. The summed E-state index contributed by atoms with van der Waals surface area (Å²) < 4.78 is 5.23. The van der Waals surface area contributed by atoms with Crippen molar-refractivity contribution >= 4 is 5.97 Å². The summed E-state index contributed by atoms with van der Waals surface area (Å²) in [4.78, 5) is 11.4. The Bertz CT molecular complexity index is 229. The number of hydrogen-bond acceptors (Lipinski definition) is 3. The maximum absolute atomic E-state index is 11.4. The van der Waals surface area contributed by atoms with Gasteiger partial charge in [0.05, 0.1) is 6.54 Å². The fraction of sp³-hybridized carbons (Fsp3) is 0.923. The molecule has 16 heavy (non-hydrogen) atoms. The molecule has 0 saturated heterocycles. The Morgan fingerprint density at radius 1 is 1.44 bits per heavy atom. The van der Waals surface area contributed by atoms with Gasteiger partial charge in [-0.05, 0) is 40.0 Å². The number of carbonyl (C=O) groups is 1. The van der Waals surface area contributed by atoms with Gasteiger partial charge < -0.3 is 10.1 Å². The highest BCUT2D eigenvalue weighted by atomic mass is 16.6. The van der Waals surface area contributed by atoms with Crippen molar-refractivity contribution in [2.45, 2.75) is 65.0 Å². The minimum atomic E-state index is -0.379. The maximum atomic E-state index is 11.4. The Balaban J connectivity index is 2.10. The summed E-state index contributed by atoms with van der Waals surface area (Å²) in [7, 11) is 0. The molecule has 0 aromatic heterocycles. The Labute approximate surface area is 98.9 Å². The summed E-state index contributed by atoms with van der Waals surface area (Å²) in [6.45, 7) is 8.14. The zero-order valence-corrected chi connectivity index (χ0v) is 11.0. The molecule has 0 amide bonds. The fourth-order valence-electron chi connectivity index (χ4n) is 1.95. The first-order valence-electron chi connectivity index (χ1n) is 6.32. The molecule has 1 saturated carbocycles. The lowest BCUT2D eigenvalue weighted by Gasteiger charge is -2.28. The zero-order chi connectivity index (χ0) is 12.2. The lowest BCUT2D eigenvalue weighted by Crippen LogP contribution is -2.37. The van der Waals surface area contributed by atoms with Crippen LogP contribution in [0.4, 0.5) is 0 Å². The van der Waals surface area contributed by atoms with Gasteiger partial charge in [-0.1, -0.05) is 19.3 Å². The van der Waals surface area contributed by atoms with Crippen LogP contribution in [0, 0.1) is 5.92 Å². The minimum absolute atomic E-state index is 0.159. The Morgan fingerprint density at radius 2 is 2.06 bits per heavy atom. The third kappa shape index (κ3) is 5.50. The van der Waals surface area contributed by atoms with E-state index in [1.54, 1.807) is 0 Å². The molecule has 1 unspecified atom stereocenters. The molecule has 3 heteroatoms. The average Bonchev–Trinajstić information content (AvgIpc) is 2.05. The molecule has 0 bridgehead atoms. The summed E-state index contributed by atoms with van der Waals surface area (Å²) in [5.41, 5.74) is -0.379.